The molecular formula is C20H16BrCl2F3N4O2S. The van der Waals surface area contributed by atoms with E-state index < -0.39 is 17.6 Å². The number of nitrogens with one attached hydrogen (secondary N) is 2. The van der Waals surface area contributed by atoms with Crippen molar-refractivity contribution in [2.45, 2.75) is 24.1 Å². The van der Waals surface area contributed by atoms with Crippen molar-refractivity contribution in [3.8, 4) is 0 Å². The van der Waals surface area contributed by atoms with Gasteiger partial charge in [0, 0.05) is 13.1 Å². The van der Waals surface area contributed by atoms with E-state index >= 15 is 0 Å². The number of carbonyl (C=O) groups is 1. The van der Waals surface area contributed by atoms with Crippen LogP contribution in [-0.4, -0.2) is 47.8 Å². The van der Waals surface area contributed by atoms with Crippen LogP contribution in [0.5, 0.6) is 0 Å². The van der Waals surface area contributed by atoms with Crippen LogP contribution in [0.4, 0.5) is 18.9 Å². The van der Waals surface area contributed by atoms with E-state index in [4.69, 9.17) is 40.3 Å². The Hall–Kier alpha value is -1.66. The molecular weight excluding hydrogens is 568 g/mol. The molecule has 0 saturated carbocycles. The van der Waals surface area contributed by atoms with Crippen molar-refractivity contribution >= 4 is 67.9 Å². The SMILES string of the molecule is O=C1NOCC1NC(=S)c1ccc(N2CCC(c3cc(Cl)c(Br)c(Cl)c3)(C(F)(F)F)C2)cn1. The van der Waals surface area contributed by atoms with Crippen molar-refractivity contribution < 1.29 is 22.8 Å². The Morgan fingerprint density at radius 2 is 2.03 bits per heavy atom. The summed E-state index contributed by atoms with van der Waals surface area (Å²) in [6.07, 6.45) is -3.23. The third-order valence-electron chi connectivity index (χ3n) is 5.74. The maximum Gasteiger partial charge on any atom is 0.400 e. The number of hydrogen-bond donors (Lipinski definition) is 2. The molecule has 2 aliphatic rings. The van der Waals surface area contributed by atoms with Crippen molar-refractivity contribution in [1.29, 1.82) is 0 Å². The summed E-state index contributed by atoms with van der Waals surface area (Å²) in [4.78, 5) is 22.5. The van der Waals surface area contributed by atoms with Gasteiger partial charge in [0.25, 0.3) is 5.91 Å². The molecule has 1 aromatic heterocycles. The summed E-state index contributed by atoms with van der Waals surface area (Å²) in [6.45, 7) is -0.0311. The van der Waals surface area contributed by atoms with E-state index in [1.54, 1.807) is 17.0 Å². The largest absolute Gasteiger partial charge is 0.400 e. The molecule has 2 aliphatic heterocycles. The molecule has 2 fully saturated rings. The lowest BCUT2D eigenvalue weighted by atomic mass is 9.79. The summed E-state index contributed by atoms with van der Waals surface area (Å²) in [6, 6.07) is 5.23. The van der Waals surface area contributed by atoms with Crippen LogP contribution in [0, 0.1) is 0 Å². The van der Waals surface area contributed by atoms with Gasteiger partial charge in [-0.1, -0.05) is 35.4 Å². The van der Waals surface area contributed by atoms with E-state index in [-0.39, 0.29) is 52.6 Å². The molecule has 1 aromatic carbocycles. The van der Waals surface area contributed by atoms with Crippen LogP contribution in [0.1, 0.15) is 17.7 Å². The lowest BCUT2D eigenvalue weighted by molar-refractivity contribution is -0.184. The highest BCUT2D eigenvalue weighted by Gasteiger charge is 2.59. The molecule has 2 aromatic rings. The van der Waals surface area contributed by atoms with Crippen molar-refractivity contribution in [2.75, 3.05) is 24.6 Å². The number of hydrogen-bond acceptors (Lipinski definition) is 5. The summed E-state index contributed by atoms with van der Waals surface area (Å²) in [5.74, 6) is -0.345. The van der Waals surface area contributed by atoms with Gasteiger partial charge in [0.1, 0.15) is 23.1 Å². The summed E-state index contributed by atoms with van der Waals surface area (Å²) in [7, 11) is 0. The highest BCUT2D eigenvalue weighted by Crippen LogP contribution is 2.50. The zero-order chi connectivity index (χ0) is 24.0. The molecule has 3 heterocycles. The van der Waals surface area contributed by atoms with Gasteiger partial charge in [0.15, 0.2) is 0 Å². The fourth-order valence-electron chi connectivity index (χ4n) is 3.88. The molecule has 2 N–H and O–H groups in total. The van der Waals surface area contributed by atoms with Gasteiger partial charge in [0.05, 0.1) is 32.1 Å². The monoisotopic (exact) mass is 582 g/mol. The number of anilines is 1. The van der Waals surface area contributed by atoms with E-state index in [0.29, 0.717) is 15.9 Å². The number of halogens is 6. The first-order valence-corrected chi connectivity index (χ1v) is 11.6. The zero-order valence-corrected chi connectivity index (χ0v) is 20.6. The standard InChI is InChI=1S/C20H16BrCl2F3N4O2S/c21-16-12(22)5-10(6-13(16)23)19(20(24,25)26)3-4-30(9-19)11-1-2-14(27-7-11)18(33)28-15-8-32-29-17(15)31/h1-2,5-7,15H,3-4,8-9H2,(H,28,33)(H,29,31). The summed E-state index contributed by atoms with van der Waals surface area (Å²) < 4.78 is 43.4. The third kappa shape index (κ3) is 4.66. The quantitative estimate of drug-likeness (QED) is 0.406. The van der Waals surface area contributed by atoms with E-state index in [2.05, 4.69) is 31.7 Å². The van der Waals surface area contributed by atoms with Crippen molar-refractivity contribution in [3.05, 3.63) is 56.2 Å². The van der Waals surface area contributed by atoms with Gasteiger partial charge in [-0.15, -0.1) is 0 Å². The number of pyridine rings is 1. The molecule has 13 heteroatoms. The minimum Gasteiger partial charge on any atom is -0.369 e. The van der Waals surface area contributed by atoms with Gasteiger partial charge in [-0.3, -0.25) is 14.6 Å². The minimum atomic E-state index is -4.52. The van der Waals surface area contributed by atoms with Gasteiger partial charge in [-0.25, -0.2) is 5.48 Å². The molecule has 4 rings (SSSR count). The second kappa shape index (κ2) is 9.18. The summed E-state index contributed by atoms with van der Waals surface area (Å²) in [5.41, 5.74) is 1.01. The van der Waals surface area contributed by atoms with Crippen LogP contribution in [0.3, 0.4) is 0 Å². The average molecular weight is 584 g/mol. The predicted octanol–water partition coefficient (Wildman–Crippen LogP) is 4.56. The van der Waals surface area contributed by atoms with E-state index in [1.165, 1.54) is 18.3 Å². The molecule has 0 aliphatic carbocycles. The maximum atomic E-state index is 14.3. The van der Waals surface area contributed by atoms with Crippen LogP contribution < -0.4 is 15.7 Å². The number of rotatable bonds is 4. The second-order valence-corrected chi connectivity index (χ2v) is 9.73. The van der Waals surface area contributed by atoms with Gasteiger partial charge < -0.3 is 10.2 Å². The number of benzene rings is 1. The Kier molecular flexibility index (Phi) is 6.81. The molecule has 6 nitrogen and oxygen atoms in total. The third-order valence-corrected chi connectivity index (χ3v) is 7.97. The Morgan fingerprint density at radius 1 is 1.33 bits per heavy atom. The maximum absolute atomic E-state index is 14.3. The van der Waals surface area contributed by atoms with Gasteiger partial charge in [-0.05, 0) is 52.2 Å². The molecule has 0 spiro atoms. The van der Waals surface area contributed by atoms with Crippen LogP contribution in [0.2, 0.25) is 10.0 Å². The highest BCUT2D eigenvalue weighted by atomic mass is 79.9. The fourth-order valence-corrected chi connectivity index (χ4v) is 4.86. The minimum absolute atomic E-state index is 0.0164. The van der Waals surface area contributed by atoms with E-state index in [1.807, 2.05) is 0 Å². The second-order valence-electron chi connectivity index (χ2n) is 7.71. The van der Waals surface area contributed by atoms with Gasteiger partial charge in [-0.2, -0.15) is 13.2 Å². The van der Waals surface area contributed by atoms with Gasteiger partial charge >= 0.3 is 6.18 Å². The summed E-state index contributed by atoms with van der Waals surface area (Å²) in [5, 5.41) is 3.08. The Balaban J connectivity index is 1.55. The molecule has 1 amide bonds. The zero-order valence-electron chi connectivity index (χ0n) is 16.7. The number of nitrogens with zero attached hydrogens (tertiary/aromatic N) is 2. The molecule has 0 radical (unpaired) electrons. The van der Waals surface area contributed by atoms with Crippen molar-refractivity contribution in [1.82, 2.24) is 15.8 Å². The highest BCUT2D eigenvalue weighted by molar-refractivity contribution is 9.10. The molecule has 0 bridgehead atoms. The van der Waals surface area contributed by atoms with Crippen LogP contribution in [0.25, 0.3) is 0 Å². The number of alkyl halides is 3. The van der Waals surface area contributed by atoms with Gasteiger partial charge in [0.2, 0.25) is 0 Å². The number of hydroxylamine groups is 1. The van der Waals surface area contributed by atoms with Crippen LogP contribution in [-0.2, 0) is 15.0 Å². The van der Waals surface area contributed by atoms with E-state index in [0.717, 1.165) is 0 Å². The Labute approximate surface area is 210 Å². The lowest BCUT2D eigenvalue weighted by Crippen LogP contribution is -2.45. The van der Waals surface area contributed by atoms with Crippen molar-refractivity contribution in [2.24, 2.45) is 0 Å². The number of thiocarbonyl (C=S) groups is 1. The smallest absolute Gasteiger partial charge is 0.369 e. The average Bonchev–Trinajstić information content (AvgIpc) is 3.39. The topological polar surface area (TPSA) is 66.5 Å². The molecule has 2 saturated heterocycles. The first kappa shape index (κ1) is 24.5. The fraction of sp³-hybridized carbons (Fsp3) is 0.350. The molecule has 176 valence electrons. The number of amides is 1. The van der Waals surface area contributed by atoms with Crippen LogP contribution in [0.15, 0.2) is 34.9 Å². The first-order valence-electron chi connectivity index (χ1n) is 9.67. The molecule has 33 heavy (non-hydrogen) atoms. The predicted molar refractivity (Wildman–Crippen MR) is 126 cm³/mol. The first-order chi connectivity index (χ1) is 15.5. The van der Waals surface area contributed by atoms with Crippen LogP contribution >= 0.6 is 51.3 Å². The number of aromatic nitrogens is 1. The lowest BCUT2D eigenvalue weighted by Gasteiger charge is -2.33. The Bertz CT molecular complexity index is 1080. The number of carbonyl (C=O) groups excluding carboxylic acids is 1. The molecule has 2 atom stereocenters. The van der Waals surface area contributed by atoms with Crippen molar-refractivity contribution in [3.63, 3.8) is 0 Å². The summed E-state index contributed by atoms with van der Waals surface area (Å²) >= 11 is 20.7. The molecule has 2 unspecified atom stereocenters. The Morgan fingerprint density at radius 3 is 2.58 bits per heavy atom. The normalized spacial score (nSPS) is 23.0. The van der Waals surface area contributed by atoms with E-state index in [9.17, 15) is 18.0 Å².